The zero-order valence-corrected chi connectivity index (χ0v) is 9.61. The SMILES string of the molecule is NNC(Cc1cc(F)ccc1F)c1ccncc1. The summed E-state index contributed by atoms with van der Waals surface area (Å²) in [5, 5.41) is 0. The van der Waals surface area contributed by atoms with E-state index in [2.05, 4.69) is 10.4 Å². The molecule has 0 aliphatic heterocycles. The summed E-state index contributed by atoms with van der Waals surface area (Å²) in [6, 6.07) is 6.66. The Labute approximate surface area is 104 Å². The van der Waals surface area contributed by atoms with E-state index in [-0.39, 0.29) is 18.0 Å². The Balaban J connectivity index is 2.23. The van der Waals surface area contributed by atoms with E-state index in [4.69, 9.17) is 5.84 Å². The van der Waals surface area contributed by atoms with Crippen LogP contribution in [0.4, 0.5) is 8.78 Å². The molecule has 0 saturated heterocycles. The molecule has 0 radical (unpaired) electrons. The van der Waals surface area contributed by atoms with Crippen LogP contribution in [0.3, 0.4) is 0 Å². The molecule has 1 heterocycles. The van der Waals surface area contributed by atoms with Crippen LogP contribution in [0.25, 0.3) is 0 Å². The first kappa shape index (κ1) is 12.6. The lowest BCUT2D eigenvalue weighted by Crippen LogP contribution is -2.29. The average Bonchev–Trinajstić information content (AvgIpc) is 2.41. The fraction of sp³-hybridized carbons (Fsp3) is 0.154. The number of hydrogen-bond donors (Lipinski definition) is 2. The number of aromatic nitrogens is 1. The third-order valence-corrected chi connectivity index (χ3v) is 2.74. The maximum Gasteiger partial charge on any atom is 0.126 e. The molecule has 0 aliphatic carbocycles. The zero-order valence-electron chi connectivity index (χ0n) is 9.61. The number of benzene rings is 1. The maximum atomic E-state index is 13.5. The second-order valence-electron chi connectivity index (χ2n) is 3.94. The van der Waals surface area contributed by atoms with E-state index < -0.39 is 11.6 Å². The van der Waals surface area contributed by atoms with E-state index in [1.807, 2.05) is 0 Å². The maximum absolute atomic E-state index is 13.5. The van der Waals surface area contributed by atoms with Crippen molar-refractivity contribution in [1.29, 1.82) is 0 Å². The minimum Gasteiger partial charge on any atom is -0.271 e. The fourth-order valence-corrected chi connectivity index (χ4v) is 1.79. The standard InChI is InChI=1S/C13H13F2N3/c14-11-1-2-12(15)10(7-11)8-13(18-16)9-3-5-17-6-4-9/h1-7,13,18H,8,16H2. The fourth-order valence-electron chi connectivity index (χ4n) is 1.79. The monoisotopic (exact) mass is 249 g/mol. The quantitative estimate of drug-likeness (QED) is 0.644. The summed E-state index contributed by atoms with van der Waals surface area (Å²) >= 11 is 0. The number of nitrogens with one attached hydrogen (secondary N) is 1. The van der Waals surface area contributed by atoms with Crippen LogP contribution in [0.5, 0.6) is 0 Å². The second kappa shape index (κ2) is 5.66. The largest absolute Gasteiger partial charge is 0.271 e. The van der Waals surface area contributed by atoms with E-state index in [1.165, 1.54) is 6.07 Å². The van der Waals surface area contributed by atoms with Gasteiger partial charge in [-0.05, 0) is 47.9 Å². The summed E-state index contributed by atoms with van der Waals surface area (Å²) in [6.45, 7) is 0. The molecule has 94 valence electrons. The smallest absolute Gasteiger partial charge is 0.126 e. The minimum atomic E-state index is -0.461. The molecule has 0 amide bonds. The third-order valence-electron chi connectivity index (χ3n) is 2.74. The summed E-state index contributed by atoms with van der Waals surface area (Å²) in [5.41, 5.74) is 3.75. The number of halogens is 2. The predicted octanol–water partition coefficient (Wildman–Crippen LogP) is 2.11. The Morgan fingerprint density at radius 1 is 1.17 bits per heavy atom. The summed E-state index contributed by atoms with van der Waals surface area (Å²) in [4.78, 5) is 3.90. The van der Waals surface area contributed by atoms with Crippen LogP contribution in [0.1, 0.15) is 17.2 Å². The first-order valence-electron chi connectivity index (χ1n) is 5.50. The molecule has 0 saturated carbocycles. The van der Waals surface area contributed by atoms with Gasteiger partial charge in [0.15, 0.2) is 0 Å². The van der Waals surface area contributed by atoms with Crippen molar-refractivity contribution >= 4 is 0 Å². The lowest BCUT2D eigenvalue weighted by Gasteiger charge is -2.16. The normalized spacial score (nSPS) is 12.4. The zero-order chi connectivity index (χ0) is 13.0. The van der Waals surface area contributed by atoms with Crippen molar-refractivity contribution in [2.75, 3.05) is 0 Å². The Morgan fingerprint density at radius 2 is 1.89 bits per heavy atom. The summed E-state index contributed by atoms with van der Waals surface area (Å²) < 4.78 is 26.6. The molecule has 0 bridgehead atoms. The lowest BCUT2D eigenvalue weighted by atomic mass is 10.00. The van der Waals surface area contributed by atoms with Gasteiger partial charge in [-0.15, -0.1) is 0 Å². The Hall–Kier alpha value is -1.85. The van der Waals surface area contributed by atoms with Gasteiger partial charge in [0.05, 0.1) is 6.04 Å². The van der Waals surface area contributed by atoms with E-state index >= 15 is 0 Å². The molecule has 18 heavy (non-hydrogen) atoms. The average molecular weight is 249 g/mol. The molecule has 3 nitrogen and oxygen atoms in total. The van der Waals surface area contributed by atoms with Crippen molar-refractivity contribution in [1.82, 2.24) is 10.4 Å². The van der Waals surface area contributed by atoms with Crippen LogP contribution in [-0.4, -0.2) is 4.98 Å². The summed E-state index contributed by atoms with van der Waals surface area (Å²) in [6.07, 6.45) is 3.52. The molecule has 1 atom stereocenters. The highest BCUT2D eigenvalue weighted by Crippen LogP contribution is 2.19. The van der Waals surface area contributed by atoms with Crippen molar-refractivity contribution in [3.8, 4) is 0 Å². The van der Waals surface area contributed by atoms with Gasteiger partial charge in [0.2, 0.25) is 0 Å². The molecule has 2 rings (SSSR count). The molecule has 5 heteroatoms. The molecule has 1 aromatic heterocycles. The van der Waals surface area contributed by atoms with Crippen LogP contribution >= 0.6 is 0 Å². The van der Waals surface area contributed by atoms with Gasteiger partial charge in [-0.2, -0.15) is 0 Å². The predicted molar refractivity (Wildman–Crippen MR) is 64.4 cm³/mol. The number of rotatable bonds is 4. The van der Waals surface area contributed by atoms with Crippen LogP contribution in [0.2, 0.25) is 0 Å². The van der Waals surface area contributed by atoms with Gasteiger partial charge in [-0.3, -0.25) is 16.3 Å². The molecule has 0 spiro atoms. The topological polar surface area (TPSA) is 50.9 Å². The van der Waals surface area contributed by atoms with E-state index in [9.17, 15) is 8.78 Å². The Morgan fingerprint density at radius 3 is 2.56 bits per heavy atom. The van der Waals surface area contributed by atoms with Crippen LogP contribution < -0.4 is 11.3 Å². The number of pyridine rings is 1. The van der Waals surface area contributed by atoms with Gasteiger partial charge < -0.3 is 0 Å². The van der Waals surface area contributed by atoms with E-state index in [0.717, 1.165) is 17.7 Å². The molecule has 0 aliphatic rings. The first-order valence-corrected chi connectivity index (χ1v) is 5.50. The number of nitrogens with zero attached hydrogens (tertiary/aromatic N) is 1. The van der Waals surface area contributed by atoms with Crippen molar-refractivity contribution in [3.05, 3.63) is 65.5 Å². The van der Waals surface area contributed by atoms with Crippen LogP contribution in [0, 0.1) is 11.6 Å². The molecule has 1 aromatic carbocycles. The van der Waals surface area contributed by atoms with E-state index in [0.29, 0.717) is 0 Å². The summed E-state index contributed by atoms with van der Waals surface area (Å²) in [5.74, 6) is 4.55. The molecule has 2 aromatic rings. The number of hydrogen-bond acceptors (Lipinski definition) is 3. The van der Waals surface area contributed by atoms with Gasteiger partial charge in [0, 0.05) is 12.4 Å². The Bertz CT molecular complexity index is 517. The van der Waals surface area contributed by atoms with Gasteiger partial charge in [0.1, 0.15) is 11.6 Å². The molecule has 1 unspecified atom stereocenters. The Kier molecular flexibility index (Phi) is 3.96. The van der Waals surface area contributed by atoms with Gasteiger partial charge >= 0.3 is 0 Å². The van der Waals surface area contributed by atoms with Crippen LogP contribution in [-0.2, 0) is 6.42 Å². The summed E-state index contributed by atoms with van der Waals surface area (Å²) in [7, 11) is 0. The molecule has 3 N–H and O–H groups in total. The number of hydrazine groups is 1. The molecule has 0 fully saturated rings. The number of nitrogens with two attached hydrogens (primary N) is 1. The highest BCUT2D eigenvalue weighted by atomic mass is 19.1. The van der Waals surface area contributed by atoms with E-state index in [1.54, 1.807) is 24.5 Å². The van der Waals surface area contributed by atoms with Gasteiger partial charge in [0.25, 0.3) is 0 Å². The van der Waals surface area contributed by atoms with Crippen molar-refractivity contribution < 1.29 is 8.78 Å². The first-order chi connectivity index (χ1) is 8.70. The van der Waals surface area contributed by atoms with Crippen LogP contribution in [0.15, 0.2) is 42.7 Å². The molecular weight excluding hydrogens is 236 g/mol. The highest BCUT2D eigenvalue weighted by Gasteiger charge is 2.13. The minimum absolute atomic E-state index is 0.268. The van der Waals surface area contributed by atoms with Crippen molar-refractivity contribution in [2.24, 2.45) is 5.84 Å². The van der Waals surface area contributed by atoms with Gasteiger partial charge in [-0.1, -0.05) is 0 Å². The second-order valence-corrected chi connectivity index (χ2v) is 3.94. The van der Waals surface area contributed by atoms with Crippen molar-refractivity contribution in [2.45, 2.75) is 12.5 Å². The highest BCUT2D eigenvalue weighted by molar-refractivity contribution is 5.23. The third kappa shape index (κ3) is 2.88. The lowest BCUT2D eigenvalue weighted by molar-refractivity contribution is 0.522. The van der Waals surface area contributed by atoms with Crippen molar-refractivity contribution in [3.63, 3.8) is 0 Å². The molecular formula is C13H13F2N3. The van der Waals surface area contributed by atoms with Gasteiger partial charge in [-0.25, -0.2) is 8.78 Å².